The van der Waals surface area contributed by atoms with Gasteiger partial charge in [-0.25, -0.2) is 13.2 Å². The molecule has 0 fully saturated rings. The van der Waals surface area contributed by atoms with Crippen LogP contribution in [0.4, 0.5) is 5.69 Å². The lowest BCUT2D eigenvalue weighted by Gasteiger charge is -2.17. The Kier molecular flexibility index (Phi) is 7.18. The average molecular weight is 358 g/mol. The molecule has 0 saturated heterocycles. The first-order valence-corrected chi connectivity index (χ1v) is 9.03. The number of rotatable bonds is 8. The number of ether oxygens (including phenoxy) is 2. The highest BCUT2D eigenvalue weighted by Gasteiger charge is 2.22. The number of amides is 1. The summed E-state index contributed by atoms with van der Waals surface area (Å²) in [4.78, 5) is 24.0. The first-order valence-electron chi connectivity index (χ1n) is 7.14. The van der Waals surface area contributed by atoms with Crippen molar-refractivity contribution in [3.05, 3.63) is 29.3 Å². The zero-order chi connectivity index (χ0) is 18.3. The zero-order valence-corrected chi connectivity index (χ0v) is 14.9. The van der Waals surface area contributed by atoms with Crippen molar-refractivity contribution >= 4 is 27.6 Å². The molecule has 0 bridgehead atoms. The van der Waals surface area contributed by atoms with E-state index in [9.17, 15) is 18.0 Å². The number of aryl methyl sites for hydroxylation is 1. The van der Waals surface area contributed by atoms with Gasteiger partial charge in [0.05, 0.1) is 19.1 Å². The minimum Gasteiger partial charge on any atom is -0.467 e. The highest BCUT2D eigenvalue weighted by molar-refractivity contribution is 7.92. The van der Waals surface area contributed by atoms with Crippen molar-refractivity contribution in [3.8, 4) is 0 Å². The maximum atomic E-state index is 12.3. The molecule has 0 heterocycles. The third kappa shape index (κ3) is 6.17. The molecule has 0 aromatic heterocycles. The van der Waals surface area contributed by atoms with E-state index in [4.69, 9.17) is 4.74 Å². The Morgan fingerprint density at radius 2 is 1.92 bits per heavy atom. The van der Waals surface area contributed by atoms with Gasteiger partial charge < -0.3 is 14.8 Å². The van der Waals surface area contributed by atoms with E-state index in [0.29, 0.717) is 11.3 Å². The number of carbonyl (C=O) groups is 2. The smallest absolute Gasteiger partial charge is 0.328 e. The average Bonchev–Trinajstić information content (AvgIpc) is 2.51. The molecule has 24 heavy (non-hydrogen) atoms. The number of esters is 1. The molecular formula is C15H22N2O6S. The van der Waals surface area contributed by atoms with Gasteiger partial charge in [0.15, 0.2) is 0 Å². The minimum atomic E-state index is -3.47. The third-order valence-corrected chi connectivity index (χ3v) is 3.79. The second-order valence-electron chi connectivity index (χ2n) is 5.23. The lowest BCUT2D eigenvalue weighted by atomic mass is 10.1. The highest BCUT2D eigenvalue weighted by Crippen LogP contribution is 2.18. The van der Waals surface area contributed by atoms with Crippen molar-refractivity contribution in [1.29, 1.82) is 0 Å². The van der Waals surface area contributed by atoms with Crippen molar-refractivity contribution in [2.24, 2.45) is 0 Å². The van der Waals surface area contributed by atoms with Crippen molar-refractivity contribution in [2.75, 3.05) is 31.8 Å². The number of anilines is 1. The van der Waals surface area contributed by atoms with Crippen molar-refractivity contribution in [1.82, 2.24) is 5.32 Å². The number of sulfonamides is 1. The summed E-state index contributed by atoms with van der Waals surface area (Å²) >= 11 is 0. The molecule has 2 N–H and O–H groups in total. The largest absolute Gasteiger partial charge is 0.467 e. The summed E-state index contributed by atoms with van der Waals surface area (Å²) < 4.78 is 34.7. The summed E-state index contributed by atoms with van der Waals surface area (Å²) in [5, 5.41) is 2.56. The summed E-state index contributed by atoms with van der Waals surface area (Å²) in [6.07, 6.45) is 1.28. The van der Waals surface area contributed by atoms with E-state index in [-0.39, 0.29) is 18.6 Å². The number of carbonyl (C=O) groups excluding carboxylic acids is 2. The molecule has 0 aliphatic carbocycles. The fraction of sp³-hybridized carbons (Fsp3) is 0.467. The van der Waals surface area contributed by atoms with Gasteiger partial charge >= 0.3 is 5.97 Å². The fourth-order valence-corrected chi connectivity index (χ4v) is 2.56. The quantitative estimate of drug-likeness (QED) is 0.661. The SMILES string of the molecule is COCC[C@H](NC(=O)c1ccc(C)c(NS(C)(=O)=O)c1)C(=O)OC. The third-order valence-electron chi connectivity index (χ3n) is 3.20. The van der Waals surface area contributed by atoms with E-state index in [2.05, 4.69) is 14.8 Å². The highest BCUT2D eigenvalue weighted by atomic mass is 32.2. The molecule has 1 rings (SSSR count). The van der Waals surface area contributed by atoms with Crippen LogP contribution >= 0.6 is 0 Å². The molecule has 9 heteroatoms. The van der Waals surface area contributed by atoms with Gasteiger partial charge in [0, 0.05) is 25.7 Å². The number of benzene rings is 1. The molecule has 0 aliphatic rings. The second-order valence-corrected chi connectivity index (χ2v) is 6.98. The molecule has 0 aliphatic heterocycles. The van der Waals surface area contributed by atoms with Gasteiger partial charge in [-0.3, -0.25) is 9.52 Å². The van der Waals surface area contributed by atoms with E-state index in [1.54, 1.807) is 19.1 Å². The lowest BCUT2D eigenvalue weighted by Crippen LogP contribution is -2.42. The van der Waals surface area contributed by atoms with Crippen LogP contribution in [0.15, 0.2) is 18.2 Å². The molecule has 0 unspecified atom stereocenters. The van der Waals surface area contributed by atoms with Gasteiger partial charge in [-0.2, -0.15) is 0 Å². The van der Waals surface area contributed by atoms with Gasteiger partial charge in [0.25, 0.3) is 5.91 Å². The maximum Gasteiger partial charge on any atom is 0.328 e. The van der Waals surface area contributed by atoms with Crippen LogP contribution in [0.25, 0.3) is 0 Å². The number of nitrogens with one attached hydrogen (secondary N) is 2. The summed E-state index contributed by atoms with van der Waals surface area (Å²) in [6.45, 7) is 1.99. The van der Waals surface area contributed by atoms with Crippen molar-refractivity contribution < 1.29 is 27.5 Å². The first kappa shape index (κ1) is 19.9. The number of methoxy groups -OCH3 is 2. The molecule has 0 radical (unpaired) electrons. The molecule has 1 aromatic rings. The van der Waals surface area contributed by atoms with Crippen LogP contribution in [0, 0.1) is 6.92 Å². The summed E-state index contributed by atoms with van der Waals surface area (Å²) in [6, 6.07) is 3.72. The molecule has 8 nitrogen and oxygen atoms in total. The van der Waals surface area contributed by atoms with Gasteiger partial charge in [-0.1, -0.05) is 6.07 Å². The maximum absolute atomic E-state index is 12.3. The van der Waals surface area contributed by atoms with Gasteiger partial charge in [0.1, 0.15) is 6.04 Å². The van der Waals surface area contributed by atoms with Crippen molar-refractivity contribution in [2.45, 2.75) is 19.4 Å². The molecular weight excluding hydrogens is 336 g/mol. The molecule has 0 saturated carbocycles. The normalized spacial score (nSPS) is 12.3. The zero-order valence-electron chi connectivity index (χ0n) is 14.1. The first-order chi connectivity index (χ1) is 11.2. The van der Waals surface area contributed by atoms with Crippen LogP contribution in [-0.2, 0) is 24.3 Å². The fourth-order valence-electron chi connectivity index (χ4n) is 1.94. The Morgan fingerprint density at radius 1 is 1.25 bits per heavy atom. The van der Waals surface area contributed by atoms with E-state index in [0.717, 1.165) is 6.26 Å². The van der Waals surface area contributed by atoms with E-state index < -0.39 is 27.9 Å². The van der Waals surface area contributed by atoms with E-state index in [1.807, 2.05) is 0 Å². The monoisotopic (exact) mass is 358 g/mol. The summed E-state index contributed by atoms with van der Waals surface area (Å²) in [7, 11) is -0.751. The van der Waals surface area contributed by atoms with E-state index in [1.165, 1.54) is 20.3 Å². The second kappa shape index (κ2) is 8.65. The Hall–Kier alpha value is -2.13. The standard InChI is InChI=1S/C15H22N2O6S/c1-10-5-6-11(9-13(10)17-24(4,20)21)14(18)16-12(7-8-22-2)15(19)23-3/h5-6,9,12,17H,7-8H2,1-4H3,(H,16,18)/t12-/m0/s1. The van der Waals surface area contributed by atoms with Crippen LogP contribution in [0.2, 0.25) is 0 Å². The molecule has 134 valence electrons. The lowest BCUT2D eigenvalue weighted by molar-refractivity contribution is -0.143. The predicted molar refractivity (Wildman–Crippen MR) is 89.4 cm³/mol. The Morgan fingerprint density at radius 3 is 2.46 bits per heavy atom. The number of hydrogen-bond acceptors (Lipinski definition) is 6. The number of hydrogen-bond donors (Lipinski definition) is 2. The molecule has 1 amide bonds. The van der Waals surface area contributed by atoms with Crippen LogP contribution in [0.5, 0.6) is 0 Å². The molecule has 1 atom stereocenters. The Labute approximate surface area is 141 Å². The topological polar surface area (TPSA) is 111 Å². The van der Waals surface area contributed by atoms with Crippen LogP contribution in [0.3, 0.4) is 0 Å². The van der Waals surface area contributed by atoms with Gasteiger partial charge in [-0.15, -0.1) is 0 Å². The van der Waals surface area contributed by atoms with Gasteiger partial charge in [-0.05, 0) is 24.6 Å². The van der Waals surface area contributed by atoms with Crippen molar-refractivity contribution in [3.63, 3.8) is 0 Å². The predicted octanol–water partition coefficient (Wildman–Crippen LogP) is 0.674. The Balaban J connectivity index is 2.97. The van der Waals surface area contributed by atoms with Crippen LogP contribution in [-0.4, -0.2) is 53.4 Å². The Bertz CT molecular complexity index is 702. The van der Waals surface area contributed by atoms with Crippen LogP contribution < -0.4 is 10.0 Å². The van der Waals surface area contributed by atoms with E-state index >= 15 is 0 Å². The summed E-state index contributed by atoms with van der Waals surface area (Å²) in [5.41, 5.74) is 1.19. The summed E-state index contributed by atoms with van der Waals surface area (Å²) in [5.74, 6) is -1.10. The van der Waals surface area contributed by atoms with Gasteiger partial charge in [0.2, 0.25) is 10.0 Å². The van der Waals surface area contributed by atoms with Crippen LogP contribution in [0.1, 0.15) is 22.3 Å². The molecule has 1 aromatic carbocycles. The minimum absolute atomic E-state index is 0.220. The molecule has 0 spiro atoms.